The highest BCUT2D eigenvalue weighted by atomic mass is 16.4. The third-order valence-corrected chi connectivity index (χ3v) is 7.41. The molecule has 5 rings (SSSR count). The lowest BCUT2D eigenvalue weighted by Crippen LogP contribution is -2.49. The summed E-state index contributed by atoms with van der Waals surface area (Å²) >= 11 is 0. The van der Waals surface area contributed by atoms with Crippen molar-refractivity contribution >= 4 is 28.6 Å². The molecule has 2 aliphatic heterocycles. The van der Waals surface area contributed by atoms with Gasteiger partial charge >= 0.3 is 5.76 Å². The molecule has 0 radical (unpaired) electrons. The largest absolute Gasteiger partial charge is 0.419 e. The summed E-state index contributed by atoms with van der Waals surface area (Å²) in [6.45, 7) is 6.82. The second kappa shape index (κ2) is 9.70. The highest BCUT2D eigenvalue weighted by Gasteiger charge is 2.46. The fourth-order valence-electron chi connectivity index (χ4n) is 5.85. The number of aryl methyl sites for hydroxylation is 1. The summed E-state index contributed by atoms with van der Waals surface area (Å²) in [6.07, 6.45) is 1.70. The number of carbonyl (C=O) groups is 2. The average Bonchev–Trinajstić information content (AvgIpc) is 3.37. The van der Waals surface area contributed by atoms with Gasteiger partial charge in [0.05, 0.1) is 12.1 Å². The van der Waals surface area contributed by atoms with E-state index in [-0.39, 0.29) is 36.1 Å². The lowest BCUT2D eigenvalue weighted by atomic mass is 9.82. The first kappa shape index (κ1) is 23.4. The van der Waals surface area contributed by atoms with Gasteiger partial charge < -0.3 is 14.6 Å². The van der Waals surface area contributed by atoms with Crippen molar-refractivity contribution in [3.8, 4) is 0 Å². The number of hydrogen-bond acceptors (Lipinski definition) is 5. The number of nitrogens with zero attached hydrogens (tertiary/aromatic N) is 3. The predicted molar refractivity (Wildman–Crippen MR) is 134 cm³/mol. The third kappa shape index (κ3) is 4.62. The van der Waals surface area contributed by atoms with Crippen molar-refractivity contribution < 1.29 is 14.0 Å². The number of nitrogens with one attached hydrogen (secondary N) is 1. The second-order valence-electron chi connectivity index (χ2n) is 9.69. The molecule has 1 N–H and O–H groups in total. The van der Waals surface area contributed by atoms with Crippen molar-refractivity contribution in [2.75, 3.05) is 31.5 Å². The van der Waals surface area contributed by atoms with Crippen LogP contribution in [0.3, 0.4) is 0 Å². The standard InChI is InChI=1S/C27H32N4O4/c1-3-12-30-24-10-9-20(14-25(24)35-27(30)34)28-26(33)17-29-13-11-23-22(15-29)21(16-31(23)18(2)32)19-7-5-4-6-8-19/h4-10,14,21-23H,3,11-13,15-17H2,1-2H3,(H,28,33)/t21-,22-,23-/m1/s1. The van der Waals surface area contributed by atoms with Crippen LogP contribution in [-0.4, -0.2) is 58.4 Å². The van der Waals surface area contributed by atoms with Crippen LogP contribution in [0.2, 0.25) is 0 Å². The first-order chi connectivity index (χ1) is 16.9. The van der Waals surface area contributed by atoms with Gasteiger partial charge in [-0.05, 0) is 30.5 Å². The Labute approximate surface area is 204 Å². The summed E-state index contributed by atoms with van der Waals surface area (Å²) in [4.78, 5) is 41.5. The summed E-state index contributed by atoms with van der Waals surface area (Å²) in [5.74, 6) is 0.216. The number of oxazole rings is 1. The van der Waals surface area contributed by atoms with Crippen molar-refractivity contribution in [2.24, 2.45) is 5.92 Å². The maximum absolute atomic E-state index is 12.9. The molecular weight excluding hydrogens is 444 g/mol. The summed E-state index contributed by atoms with van der Waals surface area (Å²) in [5, 5.41) is 2.96. The van der Waals surface area contributed by atoms with E-state index in [1.165, 1.54) is 5.56 Å². The number of amides is 2. The van der Waals surface area contributed by atoms with Gasteiger partial charge in [0, 0.05) is 62.7 Å². The van der Waals surface area contributed by atoms with Gasteiger partial charge in [-0.3, -0.25) is 19.1 Å². The Bertz CT molecular complexity index is 1280. The number of benzene rings is 2. The van der Waals surface area contributed by atoms with E-state index in [4.69, 9.17) is 4.42 Å². The normalized spacial score (nSPS) is 22.3. The first-order valence-corrected chi connectivity index (χ1v) is 12.4. The molecule has 3 heterocycles. The molecule has 2 aromatic carbocycles. The lowest BCUT2D eigenvalue weighted by molar-refractivity contribution is -0.131. The zero-order valence-electron chi connectivity index (χ0n) is 20.3. The zero-order valence-corrected chi connectivity index (χ0v) is 20.3. The Balaban J connectivity index is 1.26. The van der Waals surface area contributed by atoms with E-state index >= 15 is 0 Å². The van der Waals surface area contributed by atoms with Crippen LogP contribution in [0.15, 0.2) is 57.7 Å². The highest BCUT2D eigenvalue weighted by molar-refractivity contribution is 5.94. The van der Waals surface area contributed by atoms with Crippen LogP contribution < -0.4 is 11.1 Å². The van der Waals surface area contributed by atoms with Gasteiger partial charge in [0.2, 0.25) is 11.8 Å². The maximum atomic E-state index is 12.9. The van der Waals surface area contributed by atoms with E-state index in [0.717, 1.165) is 38.0 Å². The van der Waals surface area contributed by atoms with Gasteiger partial charge in [-0.15, -0.1) is 0 Å². The molecule has 8 nitrogen and oxygen atoms in total. The highest BCUT2D eigenvalue weighted by Crippen LogP contribution is 2.41. The summed E-state index contributed by atoms with van der Waals surface area (Å²) in [5.41, 5.74) is 3.08. The van der Waals surface area contributed by atoms with Crippen LogP contribution in [0.4, 0.5) is 5.69 Å². The molecule has 2 fully saturated rings. The Kier molecular flexibility index (Phi) is 6.47. The van der Waals surface area contributed by atoms with Crippen LogP contribution in [0.25, 0.3) is 11.1 Å². The molecule has 0 aliphatic carbocycles. The van der Waals surface area contributed by atoms with Gasteiger partial charge in [-0.1, -0.05) is 37.3 Å². The van der Waals surface area contributed by atoms with Crippen molar-refractivity contribution in [3.63, 3.8) is 0 Å². The molecule has 0 unspecified atom stereocenters. The Morgan fingerprint density at radius 2 is 1.91 bits per heavy atom. The average molecular weight is 477 g/mol. The quantitative estimate of drug-likeness (QED) is 0.590. The third-order valence-electron chi connectivity index (χ3n) is 7.41. The van der Waals surface area contributed by atoms with Crippen molar-refractivity contribution in [3.05, 3.63) is 64.6 Å². The molecule has 3 aromatic rings. The van der Waals surface area contributed by atoms with Crippen LogP contribution in [0, 0.1) is 5.92 Å². The minimum absolute atomic E-state index is 0.101. The van der Waals surface area contributed by atoms with Gasteiger partial charge in [0.25, 0.3) is 0 Å². The van der Waals surface area contributed by atoms with Crippen molar-refractivity contribution in [2.45, 2.75) is 45.2 Å². The molecule has 35 heavy (non-hydrogen) atoms. The fraction of sp³-hybridized carbons (Fsp3) is 0.444. The number of rotatable bonds is 6. The molecule has 2 amide bonds. The summed E-state index contributed by atoms with van der Waals surface area (Å²) in [6, 6.07) is 15.9. The smallest absolute Gasteiger partial charge is 0.408 e. The SMILES string of the molecule is CCCn1c(=O)oc2cc(NC(=O)CN3CC[C@@H]4[C@H](C3)[C@@H](c3ccccc3)CN4C(C)=O)ccc21. The maximum Gasteiger partial charge on any atom is 0.419 e. The Morgan fingerprint density at radius 3 is 2.66 bits per heavy atom. The van der Waals surface area contributed by atoms with Crippen LogP contribution in [0.5, 0.6) is 0 Å². The molecule has 8 heteroatoms. The van der Waals surface area contributed by atoms with Gasteiger partial charge in [0.1, 0.15) is 0 Å². The minimum Gasteiger partial charge on any atom is -0.408 e. The van der Waals surface area contributed by atoms with Crippen LogP contribution in [-0.2, 0) is 16.1 Å². The van der Waals surface area contributed by atoms with E-state index in [2.05, 4.69) is 22.3 Å². The molecule has 2 saturated heterocycles. The molecule has 0 spiro atoms. The molecule has 184 valence electrons. The molecular formula is C27H32N4O4. The molecule has 3 atom stereocenters. The molecule has 1 aromatic heterocycles. The van der Waals surface area contributed by atoms with E-state index in [1.54, 1.807) is 23.6 Å². The fourth-order valence-corrected chi connectivity index (χ4v) is 5.85. The molecule has 0 bridgehead atoms. The van der Waals surface area contributed by atoms with Gasteiger partial charge in [0.15, 0.2) is 5.58 Å². The van der Waals surface area contributed by atoms with Crippen molar-refractivity contribution in [1.29, 1.82) is 0 Å². The van der Waals surface area contributed by atoms with Crippen LogP contribution >= 0.6 is 0 Å². The molecule has 2 aliphatic rings. The van der Waals surface area contributed by atoms with E-state index in [9.17, 15) is 14.4 Å². The molecule has 0 saturated carbocycles. The van der Waals surface area contributed by atoms with Crippen LogP contribution in [0.1, 0.15) is 38.2 Å². The summed E-state index contributed by atoms with van der Waals surface area (Å²) in [7, 11) is 0. The Hall–Kier alpha value is -3.39. The number of anilines is 1. The number of carbonyl (C=O) groups excluding carboxylic acids is 2. The van der Waals surface area contributed by atoms with E-state index < -0.39 is 0 Å². The van der Waals surface area contributed by atoms with E-state index in [1.807, 2.05) is 36.1 Å². The van der Waals surface area contributed by atoms with Crippen molar-refractivity contribution in [1.82, 2.24) is 14.4 Å². The minimum atomic E-state index is -0.377. The van der Waals surface area contributed by atoms with Gasteiger partial charge in [-0.2, -0.15) is 0 Å². The monoisotopic (exact) mass is 476 g/mol. The van der Waals surface area contributed by atoms with Gasteiger partial charge in [-0.25, -0.2) is 4.79 Å². The number of aromatic nitrogens is 1. The number of likely N-dealkylation sites (tertiary alicyclic amines) is 2. The topological polar surface area (TPSA) is 87.8 Å². The number of hydrogen-bond donors (Lipinski definition) is 1. The lowest BCUT2D eigenvalue weighted by Gasteiger charge is -2.38. The predicted octanol–water partition coefficient (Wildman–Crippen LogP) is 3.28. The number of fused-ring (bicyclic) bond motifs is 2. The second-order valence-corrected chi connectivity index (χ2v) is 9.69. The Morgan fingerprint density at radius 1 is 1.11 bits per heavy atom. The zero-order chi connectivity index (χ0) is 24.5. The number of piperidine rings is 1. The first-order valence-electron chi connectivity index (χ1n) is 12.4. The van der Waals surface area contributed by atoms with E-state index in [0.29, 0.717) is 23.7 Å². The summed E-state index contributed by atoms with van der Waals surface area (Å²) < 4.78 is 6.98.